The Kier molecular flexibility index (Phi) is 4.93. The number of hydrogen-bond donors (Lipinski definition) is 1. The fraction of sp³-hybridized carbons (Fsp3) is 0.227. The summed E-state index contributed by atoms with van der Waals surface area (Å²) in [5.41, 5.74) is 3.92. The van der Waals surface area contributed by atoms with E-state index in [1.807, 2.05) is 60.8 Å². The van der Waals surface area contributed by atoms with E-state index in [1.165, 1.54) is 4.90 Å². The molecular formula is C22H21N3O3. The maximum absolute atomic E-state index is 12.8. The summed E-state index contributed by atoms with van der Waals surface area (Å²) >= 11 is 0. The van der Waals surface area contributed by atoms with Crippen LogP contribution in [0.3, 0.4) is 0 Å². The van der Waals surface area contributed by atoms with Crippen LogP contribution in [0, 0.1) is 0 Å². The van der Waals surface area contributed by atoms with Crippen LogP contribution in [0.2, 0.25) is 0 Å². The summed E-state index contributed by atoms with van der Waals surface area (Å²) in [5.74, 6) is -1.10. The Labute approximate surface area is 163 Å². The molecule has 4 rings (SSSR count). The maximum atomic E-state index is 12.8. The minimum absolute atomic E-state index is 0.144. The molecule has 3 aromatic rings. The molecule has 1 amide bonds. The van der Waals surface area contributed by atoms with Gasteiger partial charge < -0.3 is 10.0 Å². The first-order valence-electron chi connectivity index (χ1n) is 9.30. The average Bonchev–Trinajstić information content (AvgIpc) is 3.20. The van der Waals surface area contributed by atoms with Gasteiger partial charge in [0.2, 0.25) is 5.91 Å². The molecule has 1 atom stereocenters. The van der Waals surface area contributed by atoms with Gasteiger partial charge in [-0.15, -0.1) is 0 Å². The maximum Gasteiger partial charge on any atom is 0.326 e. The van der Waals surface area contributed by atoms with Crippen LogP contribution in [-0.2, 0) is 29.0 Å². The molecule has 0 fully saturated rings. The van der Waals surface area contributed by atoms with E-state index in [-0.39, 0.29) is 12.3 Å². The minimum Gasteiger partial charge on any atom is -0.480 e. The van der Waals surface area contributed by atoms with Crippen molar-refractivity contribution in [2.45, 2.75) is 31.8 Å². The molecule has 28 heavy (non-hydrogen) atoms. The van der Waals surface area contributed by atoms with Gasteiger partial charge in [0.1, 0.15) is 6.04 Å². The number of fused-ring (bicyclic) bond motifs is 1. The second kappa shape index (κ2) is 7.68. The lowest BCUT2D eigenvalue weighted by Crippen LogP contribution is -2.48. The highest BCUT2D eigenvalue weighted by Crippen LogP contribution is 2.24. The molecule has 2 aromatic carbocycles. The van der Waals surface area contributed by atoms with Gasteiger partial charge in [-0.1, -0.05) is 42.5 Å². The topological polar surface area (TPSA) is 75.4 Å². The van der Waals surface area contributed by atoms with E-state index in [0.717, 1.165) is 22.4 Å². The van der Waals surface area contributed by atoms with E-state index in [4.69, 9.17) is 0 Å². The highest BCUT2D eigenvalue weighted by atomic mass is 16.4. The van der Waals surface area contributed by atoms with Crippen LogP contribution in [-0.4, -0.2) is 37.7 Å². The first-order chi connectivity index (χ1) is 13.6. The Morgan fingerprint density at radius 3 is 2.50 bits per heavy atom. The first kappa shape index (κ1) is 18.0. The Morgan fingerprint density at radius 2 is 1.75 bits per heavy atom. The number of carbonyl (C=O) groups excluding carboxylic acids is 1. The van der Waals surface area contributed by atoms with E-state index >= 15 is 0 Å². The molecule has 1 unspecified atom stereocenters. The number of benzene rings is 2. The number of carboxylic acids is 1. The number of aromatic nitrogens is 2. The molecule has 6 nitrogen and oxygen atoms in total. The number of aryl methyl sites for hydroxylation is 1. The highest BCUT2D eigenvalue weighted by molar-refractivity contribution is 5.84. The van der Waals surface area contributed by atoms with Crippen LogP contribution in [0.4, 0.5) is 0 Å². The van der Waals surface area contributed by atoms with E-state index in [9.17, 15) is 14.7 Å². The third-order valence-electron chi connectivity index (χ3n) is 5.14. The summed E-state index contributed by atoms with van der Waals surface area (Å²) in [7, 11) is 0. The lowest BCUT2D eigenvalue weighted by Gasteiger charge is -2.34. The summed E-state index contributed by atoms with van der Waals surface area (Å²) in [6, 6.07) is 16.7. The third-order valence-corrected chi connectivity index (χ3v) is 5.14. The van der Waals surface area contributed by atoms with E-state index in [2.05, 4.69) is 5.10 Å². The molecule has 0 radical (unpaired) electrons. The number of aliphatic carboxylic acids is 1. The zero-order valence-corrected chi connectivity index (χ0v) is 15.4. The monoisotopic (exact) mass is 375 g/mol. The predicted octanol–water partition coefficient (Wildman–Crippen LogP) is 2.84. The van der Waals surface area contributed by atoms with Crippen LogP contribution in [0.5, 0.6) is 0 Å². The predicted molar refractivity (Wildman–Crippen MR) is 104 cm³/mol. The van der Waals surface area contributed by atoms with Gasteiger partial charge in [-0.3, -0.25) is 4.79 Å². The van der Waals surface area contributed by atoms with Crippen molar-refractivity contribution in [3.05, 3.63) is 83.7 Å². The number of para-hydroxylation sites is 1. The van der Waals surface area contributed by atoms with E-state index < -0.39 is 12.0 Å². The van der Waals surface area contributed by atoms with Crippen LogP contribution >= 0.6 is 0 Å². The molecule has 0 bridgehead atoms. The van der Waals surface area contributed by atoms with Crippen molar-refractivity contribution in [1.82, 2.24) is 14.7 Å². The van der Waals surface area contributed by atoms with E-state index in [0.29, 0.717) is 19.4 Å². The molecule has 1 aliphatic heterocycles. The van der Waals surface area contributed by atoms with Gasteiger partial charge in [-0.2, -0.15) is 5.10 Å². The second-order valence-electron chi connectivity index (χ2n) is 6.98. The van der Waals surface area contributed by atoms with Gasteiger partial charge in [0.25, 0.3) is 0 Å². The van der Waals surface area contributed by atoms with Crippen molar-refractivity contribution in [2.24, 2.45) is 0 Å². The van der Waals surface area contributed by atoms with Crippen LogP contribution in [0.15, 0.2) is 67.0 Å². The smallest absolute Gasteiger partial charge is 0.326 e. The van der Waals surface area contributed by atoms with Crippen molar-refractivity contribution in [1.29, 1.82) is 0 Å². The van der Waals surface area contributed by atoms with Gasteiger partial charge in [0.15, 0.2) is 0 Å². The molecule has 0 spiro atoms. The fourth-order valence-corrected chi connectivity index (χ4v) is 3.61. The van der Waals surface area contributed by atoms with Gasteiger partial charge in [-0.25, -0.2) is 9.48 Å². The molecule has 0 saturated carbocycles. The molecule has 142 valence electrons. The second-order valence-corrected chi connectivity index (χ2v) is 6.98. The summed E-state index contributed by atoms with van der Waals surface area (Å²) < 4.78 is 1.77. The van der Waals surface area contributed by atoms with E-state index in [1.54, 1.807) is 10.9 Å². The largest absolute Gasteiger partial charge is 0.480 e. The van der Waals surface area contributed by atoms with Crippen LogP contribution < -0.4 is 0 Å². The lowest BCUT2D eigenvalue weighted by molar-refractivity contribution is -0.151. The number of hydrogen-bond acceptors (Lipinski definition) is 3. The lowest BCUT2D eigenvalue weighted by atomic mass is 9.93. The molecule has 0 saturated heterocycles. The average molecular weight is 375 g/mol. The van der Waals surface area contributed by atoms with Crippen molar-refractivity contribution >= 4 is 11.9 Å². The van der Waals surface area contributed by atoms with Gasteiger partial charge in [0.05, 0.1) is 11.9 Å². The standard InChI is InChI=1S/C22H21N3O3/c26-21(11-10-16-13-23-25(14-16)19-8-2-1-3-9-19)24-15-18-7-5-4-6-17(18)12-20(24)22(27)28/h1-9,13-14,20H,10-12,15H2,(H,27,28). The highest BCUT2D eigenvalue weighted by Gasteiger charge is 2.34. The van der Waals surface area contributed by atoms with Crippen molar-refractivity contribution in [3.8, 4) is 5.69 Å². The zero-order chi connectivity index (χ0) is 19.5. The molecule has 1 N–H and O–H groups in total. The molecule has 2 heterocycles. The van der Waals surface area contributed by atoms with Crippen molar-refractivity contribution < 1.29 is 14.7 Å². The first-order valence-corrected chi connectivity index (χ1v) is 9.30. The van der Waals surface area contributed by atoms with Gasteiger partial charge in [0, 0.05) is 25.6 Å². The number of rotatable bonds is 5. The Morgan fingerprint density at radius 1 is 1.04 bits per heavy atom. The Hall–Kier alpha value is -3.41. The fourth-order valence-electron chi connectivity index (χ4n) is 3.61. The zero-order valence-electron chi connectivity index (χ0n) is 15.4. The molecule has 1 aromatic heterocycles. The Balaban J connectivity index is 1.44. The SMILES string of the molecule is O=C(O)C1Cc2ccccc2CN1C(=O)CCc1cnn(-c2ccccc2)c1. The summed E-state index contributed by atoms with van der Waals surface area (Å²) in [6.45, 7) is 0.343. The number of carbonyl (C=O) groups is 2. The number of nitrogens with zero attached hydrogens (tertiary/aromatic N) is 3. The molecular weight excluding hydrogens is 354 g/mol. The van der Waals surface area contributed by atoms with Gasteiger partial charge in [-0.05, 0) is 35.2 Å². The molecule has 0 aliphatic carbocycles. The number of amides is 1. The van der Waals surface area contributed by atoms with Crippen molar-refractivity contribution in [2.75, 3.05) is 0 Å². The summed E-state index contributed by atoms with van der Waals surface area (Å²) in [5, 5.41) is 13.9. The molecule has 6 heteroatoms. The Bertz CT molecular complexity index is 997. The molecule has 1 aliphatic rings. The third kappa shape index (κ3) is 3.67. The summed E-state index contributed by atoms with van der Waals surface area (Å²) in [4.78, 5) is 26.0. The van der Waals surface area contributed by atoms with Crippen LogP contribution in [0.1, 0.15) is 23.1 Å². The van der Waals surface area contributed by atoms with Crippen LogP contribution in [0.25, 0.3) is 5.69 Å². The normalized spacial score (nSPS) is 15.9. The minimum atomic E-state index is -0.959. The number of carboxylic acid groups (broad SMARTS) is 1. The summed E-state index contributed by atoms with van der Waals surface area (Å²) in [6.07, 6.45) is 4.79. The quantitative estimate of drug-likeness (QED) is 0.744. The van der Waals surface area contributed by atoms with Crippen molar-refractivity contribution in [3.63, 3.8) is 0 Å². The van der Waals surface area contributed by atoms with Gasteiger partial charge >= 0.3 is 5.97 Å².